The predicted molar refractivity (Wildman–Crippen MR) is 90.4 cm³/mol. The number of carbonyl (C=O) groups is 1. The summed E-state index contributed by atoms with van der Waals surface area (Å²) in [5.41, 5.74) is 1.57. The van der Waals surface area contributed by atoms with Crippen molar-refractivity contribution in [3.05, 3.63) is 58.0 Å². The van der Waals surface area contributed by atoms with Crippen molar-refractivity contribution in [2.45, 2.75) is 19.1 Å². The summed E-state index contributed by atoms with van der Waals surface area (Å²) in [7, 11) is 0. The maximum atomic E-state index is 13.5. The van der Waals surface area contributed by atoms with Crippen LogP contribution in [0.4, 0.5) is 4.39 Å². The quantitative estimate of drug-likeness (QED) is 0.805. The van der Waals surface area contributed by atoms with E-state index in [1.807, 2.05) is 21.7 Å². The number of nitrogens with zero attached hydrogens (tertiary/aromatic N) is 1. The van der Waals surface area contributed by atoms with Crippen LogP contribution in [0.1, 0.15) is 11.1 Å². The predicted octanol–water partition coefficient (Wildman–Crippen LogP) is 2.87. The first kappa shape index (κ1) is 17.1. The third-order valence-corrected chi connectivity index (χ3v) is 4.68. The van der Waals surface area contributed by atoms with Crippen molar-refractivity contribution in [1.82, 2.24) is 4.90 Å². The van der Waals surface area contributed by atoms with Crippen LogP contribution in [-0.2, 0) is 27.3 Å². The van der Waals surface area contributed by atoms with Crippen LogP contribution in [0.2, 0.25) is 0 Å². The Morgan fingerprint density at radius 3 is 3.04 bits per heavy atom. The van der Waals surface area contributed by atoms with Gasteiger partial charge in [0.15, 0.2) is 0 Å². The summed E-state index contributed by atoms with van der Waals surface area (Å²) in [4.78, 5) is 14.2. The average molecular weight is 349 g/mol. The molecule has 4 nitrogen and oxygen atoms in total. The van der Waals surface area contributed by atoms with Gasteiger partial charge in [-0.1, -0.05) is 18.2 Å². The average Bonchev–Trinajstić information content (AvgIpc) is 3.10. The molecule has 3 rings (SSSR count). The zero-order valence-electron chi connectivity index (χ0n) is 13.3. The van der Waals surface area contributed by atoms with Gasteiger partial charge in [-0.25, -0.2) is 4.39 Å². The van der Waals surface area contributed by atoms with E-state index in [-0.39, 0.29) is 24.4 Å². The lowest BCUT2D eigenvalue weighted by Gasteiger charge is -2.33. The van der Waals surface area contributed by atoms with Crippen molar-refractivity contribution in [3.8, 4) is 0 Å². The number of rotatable bonds is 6. The molecular formula is C18H20FNO3S. The number of amides is 1. The molecule has 0 spiro atoms. The molecule has 1 atom stereocenters. The molecule has 0 N–H and O–H groups in total. The highest BCUT2D eigenvalue weighted by atomic mass is 32.1. The molecule has 1 unspecified atom stereocenters. The molecule has 128 valence electrons. The molecule has 1 amide bonds. The number of carbonyl (C=O) groups excluding carboxylic acids is 1. The minimum absolute atomic E-state index is 0.107. The van der Waals surface area contributed by atoms with Crippen LogP contribution in [0.5, 0.6) is 0 Å². The number of thiophene rings is 1. The molecule has 1 aliphatic rings. The number of benzene rings is 1. The highest BCUT2D eigenvalue weighted by molar-refractivity contribution is 7.07. The lowest BCUT2D eigenvalue weighted by Crippen LogP contribution is -2.47. The fraction of sp³-hybridized carbons (Fsp3) is 0.389. The topological polar surface area (TPSA) is 38.8 Å². The van der Waals surface area contributed by atoms with E-state index in [4.69, 9.17) is 9.47 Å². The van der Waals surface area contributed by atoms with Gasteiger partial charge in [-0.3, -0.25) is 4.79 Å². The first-order chi connectivity index (χ1) is 11.7. The van der Waals surface area contributed by atoms with Crippen LogP contribution in [0.25, 0.3) is 0 Å². The zero-order valence-corrected chi connectivity index (χ0v) is 14.1. The molecule has 0 radical (unpaired) electrons. The third kappa shape index (κ3) is 4.63. The standard InChI is InChI=1S/C18H20FNO3S/c19-17-4-2-1-3-15(17)11-22-12-16-10-20(6-7-23-16)18(21)9-14-5-8-24-13-14/h1-5,8,13,16H,6-7,9-12H2. The van der Waals surface area contributed by atoms with E-state index >= 15 is 0 Å². The van der Waals surface area contributed by atoms with Gasteiger partial charge in [-0.05, 0) is 28.5 Å². The SMILES string of the molecule is O=C(Cc1ccsc1)N1CCOC(COCc2ccccc2F)C1. The number of hydrogen-bond acceptors (Lipinski definition) is 4. The molecule has 24 heavy (non-hydrogen) atoms. The Balaban J connectivity index is 1.45. The summed E-state index contributed by atoms with van der Waals surface area (Å²) in [6, 6.07) is 8.52. The Bertz CT molecular complexity index is 662. The molecule has 2 aromatic rings. The van der Waals surface area contributed by atoms with Crippen molar-refractivity contribution in [3.63, 3.8) is 0 Å². The first-order valence-electron chi connectivity index (χ1n) is 7.94. The molecule has 1 saturated heterocycles. The van der Waals surface area contributed by atoms with Gasteiger partial charge in [0.25, 0.3) is 0 Å². The summed E-state index contributed by atoms with van der Waals surface area (Å²) < 4.78 is 24.8. The Labute approximate surface area is 144 Å². The summed E-state index contributed by atoms with van der Waals surface area (Å²) in [6.45, 7) is 2.17. The highest BCUT2D eigenvalue weighted by Crippen LogP contribution is 2.13. The summed E-state index contributed by atoms with van der Waals surface area (Å²) >= 11 is 1.59. The Morgan fingerprint density at radius 2 is 2.25 bits per heavy atom. The highest BCUT2D eigenvalue weighted by Gasteiger charge is 2.24. The molecular weight excluding hydrogens is 329 g/mol. The molecule has 6 heteroatoms. The minimum Gasteiger partial charge on any atom is -0.374 e. The Kier molecular flexibility index (Phi) is 5.96. The van der Waals surface area contributed by atoms with Gasteiger partial charge in [0.1, 0.15) is 5.82 Å². The second kappa shape index (κ2) is 8.37. The van der Waals surface area contributed by atoms with E-state index in [0.717, 1.165) is 5.56 Å². The van der Waals surface area contributed by atoms with Crippen molar-refractivity contribution < 1.29 is 18.7 Å². The van der Waals surface area contributed by atoms with Crippen LogP contribution < -0.4 is 0 Å². The largest absolute Gasteiger partial charge is 0.374 e. The first-order valence-corrected chi connectivity index (χ1v) is 8.88. The normalized spacial score (nSPS) is 17.9. The summed E-state index contributed by atoms with van der Waals surface area (Å²) in [6.07, 6.45) is 0.253. The van der Waals surface area contributed by atoms with E-state index in [0.29, 0.717) is 38.3 Å². The second-order valence-corrected chi connectivity index (χ2v) is 6.53. The molecule has 0 saturated carbocycles. The number of ether oxygens (including phenoxy) is 2. The monoisotopic (exact) mass is 349 g/mol. The number of morpholine rings is 1. The lowest BCUT2D eigenvalue weighted by atomic mass is 10.2. The number of halogens is 1. The molecule has 1 aromatic carbocycles. The lowest BCUT2D eigenvalue weighted by molar-refractivity contribution is -0.140. The fourth-order valence-corrected chi connectivity index (χ4v) is 3.31. The maximum absolute atomic E-state index is 13.5. The van der Waals surface area contributed by atoms with Gasteiger partial charge >= 0.3 is 0 Å². The van der Waals surface area contributed by atoms with Crippen LogP contribution in [0.3, 0.4) is 0 Å². The zero-order chi connectivity index (χ0) is 16.8. The molecule has 2 heterocycles. The Morgan fingerprint density at radius 1 is 1.38 bits per heavy atom. The summed E-state index contributed by atoms with van der Waals surface area (Å²) in [5.74, 6) is -0.162. The Hall–Kier alpha value is -1.76. The van der Waals surface area contributed by atoms with E-state index < -0.39 is 0 Å². The van der Waals surface area contributed by atoms with E-state index in [1.165, 1.54) is 6.07 Å². The van der Waals surface area contributed by atoms with Crippen molar-refractivity contribution in [2.24, 2.45) is 0 Å². The molecule has 1 aromatic heterocycles. The van der Waals surface area contributed by atoms with Crippen molar-refractivity contribution in [2.75, 3.05) is 26.3 Å². The molecule has 0 aliphatic carbocycles. The van der Waals surface area contributed by atoms with E-state index in [9.17, 15) is 9.18 Å². The minimum atomic E-state index is -0.269. The van der Waals surface area contributed by atoms with Gasteiger partial charge in [-0.15, -0.1) is 0 Å². The van der Waals surface area contributed by atoms with Gasteiger partial charge in [0, 0.05) is 18.7 Å². The summed E-state index contributed by atoms with van der Waals surface area (Å²) in [5, 5.41) is 3.97. The van der Waals surface area contributed by atoms with Crippen LogP contribution >= 0.6 is 11.3 Å². The third-order valence-electron chi connectivity index (χ3n) is 3.95. The van der Waals surface area contributed by atoms with Crippen LogP contribution in [0.15, 0.2) is 41.1 Å². The fourth-order valence-electron chi connectivity index (χ4n) is 2.64. The molecule has 1 fully saturated rings. The molecule has 1 aliphatic heterocycles. The van der Waals surface area contributed by atoms with E-state index in [1.54, 1.807) is 29.5 Å². The van der Waals surface area contributed by atoms with E-state index in [2.05, 4.69) is 0 Å². The van der Waals surface area contributed by atoms with Crippen molar-refractivity contribution >= 4 is 17.2 Å². The van der Waals surface area contributed by atoms with Gasteiger partial charge in [0.2, 0.25) is 5.91 Å². The molecule has 0 bridgehead atoms. The maximum Gasteiger partial charge on any atom is 0.227 e. The van der Waals surface area contributed by atoms with Crippen molar-refractivity contribution in [1.29, 1.82) is 0 Å². The smallest absolute Gasteiger partial charge is 0.227 e. The number of hydrogen-bond donors (Lipinski definition) is 0. The second-order valence-electron chi connectivity index (χ2n) is 5.75. The van der Waals surface area contributed by atoms with Gasteiger partial charge < -0.3 is 14.4 Å². The van der Waals surface area contributed by atoms with Gasteiger partial charge in [0.05, 0.1) is 32.3 Å². The van der Waals surface area contributed by atoms with Crippen LogP contribution in [0, 0.1) is 5.82 Å². The van der Waals surface area contributed by atoms with Gasteiger partial charge in [-0.2, -0.15) is 11.3 Å². The van der Waals surface area contributed by atoms with Crippen LogP contribution in [-0.4, -0.2) is 43.2 Å².